The number of hydrogen-bond donors (Lipinski definition) is 0. The molecule has 2 aromatic carbocycles. The zero-order valence-electron chi connectivity index (χ0n) is 9.19. The molecule has 0 fully saturated rings. The highest BCUT2D eigenvalue weighted by atomic mass is 79.9. The lowest BCUT2D eigenvalue weighted by Crippen LogP contribution is -1.98. The van der Waals surface area contributed by atoms with Crippen molar-refractivity contribution in [3.63, 3.8) is 0 Å². The first-order chi connectivity index (χ1) is 8.40. The van der Waals surface area contributed by atoms with Crippen molar-refractivity contribution in [1.82, 2.24) is 0 Å². The van der Waals surface area contributed by atoms with Crippen molar-refractivity contribution in [2.24, 2.45) is 0 Å². The fourth-order valence-electron chi connectivity index (χ4n) is 2.12. The number of alkyl halides is 1. The maximum atomic E-state index is 3.51. The monoisotopic (exact) mass is 302 g/mol. The number of rotatable bonds is 1. The molecule has 1 aliphatic rings. The second kappa shape index (κ2) is 4.71. The van der Waals surface area contributed by atoms with Crippen molar-refractivity contribution in [2.75, 3.05) is 5.33 Å². The van der Waals surface area contributed by atoms with Gasteiger partial charge in [0.05, 0.1) is 0 Å². The molecule has 84 valence electrons. The molecule has 0 nitrogen and oxygen atoms in total. The molecule has 0 radical (unpaired) electrons. The Labute approximate surface area is 114 Å². The molecule has 0 bridgehead atoms. The van der Waals surface area contributed by atoms with Gasteiger partial charge >= 0.3 is 0 Å². The Kier molecular flexibility index (Phi) is 3.08. The van der Waals surface area contributed by atoms with Gasteiger partial charge in [-0.25, -0.2) is 0 Å². The number of benzene rings is 2. The van der Waals surface area contributed by atoms with Gasteiger partial charge in [0.2, 0.25) is 0 Å². The lowest BCUT2D eigenvalue weighted by molar-refractivity contribution is 1.29. The minimum Gasteiger partial charge on any atom is -0.0888 e. The van der Waals surface area contributed by atoms with E-state index in [1.54, 1.807) is 0 Å². The summed E-state index contributed by atoms with van der Waals surface area (Å²) in [5, 5.41) is 0.885. The van der Waals surface area contributed by atoms with Gasteiger partial charge in [-0.1, -0.05) is 70.2 Å². The van der Waals surface area contributed by atoms with Crippen LogP contribution in [0.1, 0.15) is 11.1 Å². The standard InChI is InChI=1S/C15H11BrS/c16-10-9-11-12-5-1-3-7-14(12)17-15-8-4-2-6-13(11)15/h1-9H,10H2. The van der Waals surface area contributed by atoms with E-state index in [2.05, 4.69) is 70.5 Å². The van der Waals surface area contributed by atoms with Crippen LogP contribution in [-0.2, 0) is 0 Å². The van der Waals surface area contributed by atoms with E-state index >= 15 is 0 Å². The summed E-state index contributed by atoms with van der Waals surface area (Å²) >= 11 is 5.36. The summed E-state index contributed by atoms with van der Waals surface area (Å²) in [5.41, 5.74) is 4.03. The predicted molar refractivity (Wildman–Crippen MR) is 77.9 cm³/mol. The van der Waals surface area contributed by atoms with E-state index in [-0.39, 0.29) is 0 Å². The minimum atomic E-state index is 0.885. The highest BCUT2D eigenvalue weighted by molar-refractivity contribution is 9.09. The van der Waals surface area contributed by atoms with Crippen LogP contribution in [0.4, 0.5) is 0 Å². The quantitative estimate of drug-likeness (QED) is 0.571. The minimum absolute atomic E-state index is 0.885. The number of hydrogen-bond acceptors (Lipinski definition) is 1. The van der Waals surface area contributed by atoms with Crippen LogP contribution in [0.3, 0.4) is 0 Å². The van der Waals surface area contributed by atoms with Crippen molar-refractivity contribution >= 4 is 33.3 Å². The van der Waals surface area contributed by atoms with Crippen molar-refractivity contribution in [2.45, 2.75) is 9.79 Å². The molecule has 0 saturated carbocycles. The van der Waals surface area contributed by atoms with Gasteiger partial charge in [-0.05, 0) is 28.8 Å². The van der Waals surface area contributed by atoms with Crippen LogP contribution >= 0.6 is 27.7 Å². The Bertz CT molecular complexity index is 539. The van der Waals surface area contributed by atoms with E-state index in [1.807, 2.05) is 11.8 Å². The number of allylic oxidation sites excluding steroid dienone is 1. The molecular weight excluding hydrogens is 292 g/mol. The molecule has 0 N–H and O–H groups in total. The summed E-state index contributed by atoms with van der Waals surface area (Å²) in [4.78, 5) is 2.69. The van der Waals surface area contributed by atoms with E-state index in [0.29, 0.717) is 0 Å². The smallest absolute Gasteiger partial charge is 0.0221 e. The Hall–Kier alpha value is -0.990. The topological polar surface area (TPSA) is 0 Å². The molecule has 3 rings (SSSR count). The van der Waals surface area contributed by atoms with Gasteiger partial charge in [0.1, 0.15) is 0 Å². The van der Waals surface area contributed by atoms with Crippen LogP contribution in [-0.4, -0.2) is 5.33 Å². The third-order valence-corrected chi connectivity index (χ3v) is 4.33. The summed E-state index contributed by atoms with van der Waals surface area (Å²) in [5.74, 6) is 0. The van der Waals surface area contributed by atoms with Crippen LogP contribution in [0.25, 0.3) is 5.57 Å². The molecule has 0 spiro atoms. The lowest BCUT2D eigenvalue weighted by atomic mass is 9.97. The molecule has 2 heteroatoms. The summed E-state index contributed by atoms with van der Waals surface area (Å²) < 4.78 is 0. The highest BCUT2D eigenvalue weighted by Gasteiger charge is 2.19. The Morgan fingerprint density at radius 2 is 1.41 bits per heavy atom. The summed E-state index contributed by atoms with van der Waals surface area (Å²) in [7, 11) is 0. The molecule has 2 aromatic rings. The molecule has 1 aliphatic heterocycles. The zero-order chi connectivity index (χ0) is 11.7. The van der Waals surface area contributed by atoms with Crippen molar-refractivity contribution in [3.8, 4) is 0 Å². The summed E-state index contributed by atoms with van der Waals surface area (Å²) in [6.07, 6.45) is 2.25. The maximum Gasteiger partial charge on any atom is 0.0221 e. The van der Waals surface area contributed by atoms with Gasteiger partial charge in [0.15, 0.2) is 0 Å². The predicted octanol–water partition coefficient (Wildman–Crippen LogP) is 4.98. The average Bonchev–Trinajstić information content (AvgIpc) is 2.39. The van der Waals surface area contributed by atoms with Crippen molar-refractivity contribution in [1.29, 1.82) is 0 Å². The first-order valence-electron chi connectivity index (χ1n) is 5.53. The maximum absolute atomic E-state index is 3.51. The zero-order valence-corrected chi connectivity index (χ0v) is 11.6. The van der Waals surface area contributed by atoms with Gasteiger partial charge in [-0.3, -0.25) is 0 Å². The van der Waals surface area contributed by atoms with Crippen LogP contribution in [0, 0.1) is 0 Å². The first-order valence-corrected chi connectivity index (χ1v) is 7.47. The third kappa shape index (κ3) is 1.96. The number of halogens is 1. The lowest BCUT2D eigenvalue weighted by Gasteiger charge is -2.21. The van der Waals surface area contributed by atoms with Crippen LogP contribution in [0.5, 0.6) is 0 Å². The molecule has 0 amide bonds. The van der Waals surface area contributed by atoms with E-state index in [9.17, 15) is 0 Å². The molecule has 17 heavy (non-hydrogen) atoms. The summed E-state index contributed by atoms with van der Waals surface area (Å²) in [6, 6.07) is 17.2. The third-order valence-electron chi connectivity index (χ3n) is 2.86. The van der Waals surface area contributed by atoms with E-state index in [4.69, 9.17) is 0 Å². The van der Waals surface area contributed by atoms with Crippen LogP contribution in [0.2, 0.25) is 0 Å². The van der Waals surface area contributed by atoms with Gasteiger partial charge < -0.3 is 0 Å². The fourth-order valence-corrected chi connectivity index (χ4v) is 3.55. The van der Waals surface area contributed by atoms with Gasteiger partial charge in [-0.15, -0.1) is 0 Å². The Morgan fingerprint density at radius 3 is 1.94 bits per heavy atom. The highest BCUT2D eigenvalue weighted by Crippen LogP contribution is 2.44. The number of fused-ring (bicyclic) bond motifs is 2. The van der Waals surface area contributed by atoms with Crippen molar-refractivity contribution in [3.05, 3.63) is 65.7 Å². The Morgan fingerprint density at radius 1 is 0.882 bits per heavy atom. The van der Waals surface area contributed by atoms with Crippen LogP contribution < -0.4 is 0 Å². The van der Waals surface area contributed by atoms with E-state index in [0.717, 1.165) is 5.33 Å². The second-order valence-corrected chi connectivity index (χ2v) is 5.60. The first kappa shape index (κ1) is 11.1. The molecule has 0 aliphatic carbocycles. The van der Waals surface area contributed by atoms with Gasteiger partial charge in [-0.2, -0.15) is 0 Å². The molecule has 0 unspecified atom stereocenters. The van der Waals surface area contributed by atoms with Crippen LogP contribution in [0.15, 0.2) is 64.4 Å². The van der Waals surface area contributed by atoms with Crippen molar-refractivity contribution < 1.29 is 0 Å². The SMILES string of the molecule is BrCC=C1c2ccccc2Sc2ccccc21. The molecular formula is C15H11BrS. The second-order valence-electron chi connectivity index (χ2n) is 3.87. The largest absolute Gasteiger partial charge is 0.0888 e. The molecule has 0 saturated heterocycles. The van der Waals surface area contributed by atoms with Gasteiger partial charge in [0.25, 0.3) is 0 Å². The molecule has 1 heterocycles. The average molecular weight is 303 g/mol. The van der Waals surface area contributed by atoms with E-state index < -0.39 is 0 Å². The normalized spacial score (nSPS) is 12.9. The Balaban J connectivity index is 2.24. The fraction of sp³-hybridized carbons (Fsp3) is 0.0667. The molecule has 0 aromatic heterocycles. The van der Waals surface area contributed by atoms with Gasteiger partial charge in [0, 0.05) is 15.1 Å². The summed E-state index contributed by atoms with van der Waals surface area (Å²) in [6.45, 7) is 0. The molecule has 0 atom stereocenters. The van der Waals surface area contributed by atoms with E-state index in [1.165, 1.54) is 26.5 Å².